The Kier molecular flexibility index (Phi) is 8.26. The lowest BCUT2D eigenvalue weighted by Crippen LogP contribution is -2.56. The van der Waals surface area contributed by atoms with E-state index in [1.54, 1.807) is 13.0 Å². The maximum atomic E-state index is 12.7. The van der Waals surface area contributed by atoms with Gasteiger partial charge in [-0.3, -0.25) is 4.79 Å². The zero-order valence-electron chi connectivity index (χ0n) is 14.4. The molecular formula is C17H26ClF3N2O. The molecule has 0 radical (unpaired) electrons. The van der Waals surface area contributed by atoms with Gasteiger partial charge in [-0.05, 0) is 30.9 Å². The number of carbonyl (C=O) groups excluding carboxylic acids is 1. The fourth-order valence-corrected chi connectivity index (χ4v) is 2.16. The first-order valence-corrected chi connectivity index (χ1v) is 7.68. The third-order valence-corrected chi connectivity index (χ3v) is 4.35. The second-order valence-corrected chi connectivity index (χ2v) is 6.57. The van der Waals surface area contributed by atoms with E-state index in [4.69, 9.17) is 5.73 Å². The van der Waals surface area contributed by atoms with Crippen LogP contribution in [-0.4, -0.2) is 18.0 Å². The predicted octanol–water partition coefficient (Wildman–Crippen LogP) is 3.80. The highest BCUT2D eigenvalue weighted by molar-refractivity contribution is 5.85. The number of nitrogens with two attached hydrogens (primary N) is 1. The fourth-order valence-electron chi connectivity index (χ4n) is 2.16. The van der Waals surface area contributed by atoms with E-state index in [1.165, 1.54) is 6.07 Å². The summed E-state index contributed by atoms with van der Waals surface area (Å²) >= 11 is 0. The Morgan fingerprint density at radius 3 is 2.29 bits per heavy atom. The van der Waals surface area contributed by atoms with Crippen LogP contribution in [-0.2, 0) is 17.4 Å². The van der Waals surface area contributed by atoms with Gasteiger partial charge >= 0.3 is 6.18 Å². The molecule has 7 heteroatoms. The number of amides is 1. The Morgan fingerprint density at radius 1 is 1.25 bits per heavy atom. The molecule has 0 saturated carbocycles. The third kappa shape index (κ3) is 5.98. The summed E-state index contributed by atoms with van der Waals surface area (Å²) in [7, 11) is 0. The summed E-state index contributed by atoms with van der Waals surface area (Å²) in [6.45, 7) is 7.79. The molecule has 0 saturated heterocycles. The summed E-state index contributed by atoms with van der Waals surface area (Å²) in [5.41, 5.74) is 5.00. The van der Waals surface area contributed by atoms with Crippen LogP contribution < -0.4 is 11.1 Å². The molecular weight excluding hydrogens is 341 g/mol. The minimum atomic E-state index is -4.38. The molecule has 1 amide bonds. The van der Waals surface area contributed by atoms with Crippen molar-refractivity contribution in [3.63, 3.8) is 0 Å². The highest BCUT2D eigenvalue weighted by Gasteiger charge is 2.32. The molecule has 0 aliphatic carbocycles. The Hall–Kier alpha value is -1.27. The van der Waals surface area contributed by atoms with Gasteiger partial charge in [0.05, 0.1) is 11.1 Å². The van der Waals surface area contributed by atoms with Crippen molar-refractivity contribution in [3.05, 3.63) is 35.4 Å². The molecule has 138 valence electrons. The Bertz CT molecular complexity index is 549. The molecule has 3 nitrogen and oxygen atoms in total. The van der Waals surface area contributed by atoms with E-state index in [1.807, 2.05) is 20.8 Å². The molecule has 3 N–H and O–H groups in total. The number of hydrogen-bond donors (Lipinski definition) is 2. The number of nitrogens with one attached hydrogen (secondary N) is 1. The molecule has 24 heavy (non-hydrogen) atoms. The Morgan fingerprint density at radius 2 is 1.83 bits per heavy atom. The first kappa shape index (κ1) is 22.7. The lowest BCUT2D eigenvalue weighted by molar-refractivity contribution is -0.137. The van der Waals surface area contributed by atoms with Crippen molar-refractivity contribution in [2.75, 3.05) is 6.54 Å². The van der Waals surface area contributed by atoms with E-state index in [0.29, 0.717) is 12.1 Å². The molecule has 1 aromatic carbocycles. The SMILES string of the molecule is CC(Cc1cccc(C(F)(F)F)c1)C(=O)NC(C)(CN)C(C)C.Cl. The highest BCUT2D eigenvalue weighted by Crippen LogP contribution is 2.30. The van der Waals surface area contributed by atoms with Gasteiger partial charge in [-0.25, -0.2) is 0 Å². The van der Waals surface area contributed by atoms with Crippen molar-refractivity contribution in [2.45, 2.75) is 45.8 Å². The molecule has 0 aliphatic heterocycles. The Balaban J connectivity index is 0.00000529. The second kappa shape index (κ2) is 8.72. The van der Waals surface area contributed by atoms with Crippen LogP contribution >= 0.6 is 12.4 Å². The van der Waals surface area contributed by atoms with Crippen molar-refractivity contribution < 1.29 is 18.0 Å². The van der Waals surface area contributed by atoms with Gasteiger partial charge in [-0.1, -0.05) is 39.0 Å². The number of carbonyl (C=O) groups is 1. The summed E-state index contributed by atoms with van der Waals surface area (Å²) in [5.74, 6) is -0.496. The van der Waals surface area contributed by atoms with Crippen molar-refractivity contribution >= 4 is 18.3 Å². The maximum Gasteiger partial charge on any atom is 0.416 e. The van der Waals surface area contributed by atoms with Crippen molar-refractivity contribution in [3.8, 4) is 0 Å². The van der Waals surface area contributed by atoms with Crippen molar-refractivity contribution in [2.24, 2.45) is 17.6 Å². The van der Waals surface area contributed by atoms with Crippen molar-refractivity contribution in [1.82, 2.24) is 5.32 Å². The van der Waals surface area contributed by atoms with Crippen LogP contribution in [0.15, 0.2) is 24.3 Å². The maximum absolute atomic E-state index is 12.7. The van der Waals surface area contributed by atoms with Gasteiger partial charge in [0.25, 0.3) is 0 Å². The normalized spacial score (nSPS) is 15.4. The summed E-state index contributed by atoms with van der Waals surface area (Å²) in [5, 5.41) is 2.92. The average Bonchev–Trinajstić information content (AvgIpc) is 2.46. The van der Waals surface area contributed by atoms with Crippen molar-refractivity contribution in [1.29, 1.82) is 0 Å². The van der Waals surface area contributed by atoms with E-state index < -0.39 is 23.2 Å². The van der Waals surface area contributed by atoms with Crippen LogP contribution in [0.1, 0.15) is 38.8 Å². The number of rotatable bonds is 6. The summed E-state index contributed by atoms with van der Waals surface area (Å²) in [4.78, 5) is 12.3. The molecule has 0 aliphatic rings. The van der Waals surface area contributed by atoms with E-state index in [2.05, 4.69) is 5.32 Å². The predicted molar refractivity (Wildman–Crippen MR) is 92.0 cm³/mol. The first-order valence-electron chi connectivity index (χ1n) is 7.68. The standard InChI is InChI=1S/C17H25F3N2O.ClH/c1-11(2)16(4,10-21)22-15(23)12(3)8-13-6-5-7-14(9-13)17(18,19)20;/h5-7,9,11-12H,8,10,21H2,1-4H3,(H,22,23);1H. The lowest BCUT2D eigenvalue weighted by atomic mass is 9.87. The molecule has 1 aromatic rings. The van der Waals surface area contributed by atoms with Crippen LogP contribution in [0.25, 0.3) is 0 Å². The average molecular weight is 367 g/mol. The van der Waals surface area contributed by atoms with Gasteiger partial charge in [0.15, 0.2) is 0 Å². The number of alkyl halides is 3. The number of halogens is 4. The van der Waals surface area contributed by atoms with Gasteiger partial charge in [0.2, 0.25) is 5.91 Å². The molecule has 0 aromatic heterocycles. The minimum absolute atomic E-state index is 0. The smallest absolute Gasteiger partial charge is 0.349 e. The summed E-state index contributed by atoms with van der Waals surface area (Å²) < 4.78 is 38.2. The van der Waals surface area contributed by atoms with Gasteiger partial charge in [-0.2, -0.15) is 13.2 Å². The number of benzene rings is 1. The molecule has 0 heterocycles. The minimum Gasteiger partial charge on any atom is -0.349 e. The second-order valence-electron chi connectivity index (χ2n) is 6.57. The molecule has 2 unspecified atom stereocenters. The largest absolute Gasteiger partial charge is 0.416 e. The molecule has 2 atom stereocenters. The topological polar surface area (TPSA) is 55.1 Å². The third-order valence-electron chi connectivity index (χ3n) is 4.35. The quantitative estimate of drug-likeness (QED) is 0.804. The highest BCUT2D eigenvalue weighted by atomic mass is 35.5. The zero-order chi connectivity index (χ0) is 17.8. The molecule has 1 rings (SSSR count). The summed E-state index contributed by atoms with van der Waals surface area (Å²) in [6.07, 6.45) is -4.13. The van der Waals surface area contributed by atoms with Gasteiger partial charge < -0.3 is 11.1 Å². The zero-order valence-corrected chi connectivity index (χ0v) is 15.2. The van der Waals surface area contributed by atoms with Crippen LogP contribution in [0.5, 0.6) is 0 Å². The monoisotopic (exact) mass is 366 g/mol. The Labute approximate surface area is 147 Å². The number of hydrogen-bond acceptors (Lipinski definition) is 2. The lowest BCUT2D eigenvalue weighted by Gasteiger charge is -2.34. The molecule has 0 bridgehead atoms. The van der Waals surface area contributed by atoms with E-state index in [-0.39, 0.29) is 30.7 Å². The molecule has 0 spiro atoms. The van der Waals surface area contributed by atoms with Gasteiger partial charge in [0, 0.05) is 12.5 Å². The van der Waals surface area contributed by atoms with E-state index in [9.17, 15) is 18.0 Å². The van der Waals surface area contributed by atoms with E-state index in [0.717, 1.165) is 12.1 Å². The molecule has 0 fully saturated rings. The first-order chi connectivity index (χ1) is 10.5. The van der Waals surface area contributed by atoms with Gasteiger partial charge in [-0.15, -0.1) is 12.4 Å². The fraction of sp³-hybridized carbons (Fsp3) is 0.588. The van der Waals surface area contributed by atoms with Crippen LogP contribution in [0.4, 0.5) is 13.2 Å². The van der Waals surface area contributed by atoms with Crippen LogP contribution in [0.2, 0.25) is 0 Å². The van der Waals surface area contributed by atoms with Crippen LogP contribution in [0.3, 0.4) is 0 Å². The summed E-state index contributed by atoms with van der Waals surface area (Å²) in [6, 6.07) is 5.08. The van der Waals surface area contributed by atoms with E-state index >= 15 is 0 Å². The van der Waals surface area contributed by atoms with Crippen LogP contribution in [0, 0.1) is 11.8 Å². The van der Waals surface area contributed by atoms with Gasteiger partial charge in [0.1, 0.15) is 0 Å².